The van der Waals surface area contributed by atoms with Crippen molar-refractivity contribution in [3.8, 4) is 0 Å². The van der Waals surface area contributed by atoms with Gasteiger partial charge in [-0.15, -0.1) is 0 Å². The first-order chi connectivity index (χ1) is 9.82. The number of carbonyl (C=O) groups excluding carboxylic acids is 3. The van der Waals surface area contributed by atoms with E-state index in [2.05, 4.69) is 5.32 Å². The molecule has 4 amide bonds. The molecule has 0 aliphatic carbocycles. The standard InChI is InChI=1S/C12H20N4O5/c13-9(17)5-4-7(11(19)20)15-12(21)16-6-2-1-3-8(16)10(14)18/h7-8H,1-6H2,(H2,13,17)(H2,14,18)(H,15,21)(H,19,20)/t7-,8?/m0/s1. The van der Waals surface area contributed by atoms with E-state index < -0.39 is 35.9 Å². The highest BCUT2D eigenvalue weighted by Gasteiger charge is 2.32. The van der Waals surface area contributed by atoms with Crippen molar-refractivity contribution < 1.29 is 24.3 Å². The van der Waals surface area contributed by atoms with Crippen molar-refractivity contribution in [3.05, 3.63) is 0 Å². The summed E-state index contributed by atoms with van der Waals surface area (Å²) in [6.07, 6.45) is 1.70. The van der Waals surface area contributed by atoms with Crippen molar-refractivity contribution in [1.29, 1.82) is 0 Å². The van der Waals surface area contributed by atoms with Crippen molar-refractivity contribution in [2.75, 3.05) is 6.54 Å². The Bertz CT molecular complexity index is 439. The number of hydrogen-bond donors (Lipinski definition) is 4. The number of primary amides is 2. The third kappa shape index (κ3) is 4.93. The third-order valence-electron chi connectivity index (χ3n) is 3.37. The maximum atomic E-state index is 12.1. The van der Waals surface area contributed by atoms with Gasteiger partial charge in [0.1, 0.15) is 12.1 Å². The topological polar surface area (TPSA) is 156 Å². The van der Waals surface area contributed by atoms with E-state index in [0.717, 1.165) is 12.8 Å². The van der Waals surface area contributed by atoms with Crippen LogP contribution in [0.2, 0.25) is 0 Å². The predicted molar refractivity (Wildman–Crippen MR) is 71.9 cm³/mol. The molecule has 0 saturated carbocycles. The van der Waals surface area contributed by atoms with Crippen LogP contribution in [0.25, 0.3) is 0 Å². The zero-order valence-electron chi connectivity index (χ0n) is 11.6. The Balaban J connectivity index is 2.68. The number of piperidine rings is 1. The van der Waals surface area contributed by atoms with E-state index in [1.807, 2.05) is 0 Å². The van der Waals surface area contributed by atoms with Crippen LogP contribution in [0, 0.1) is 0 Å². The Morgan fingerprint density at radius 3 is 2.43 bits per heavy atom. The fourth-order valence-corrected chi connectivity index (χ4v) is 2.25. The number of urea groups is 1. The van der Waals surface area contributed by atoms with Crippen molar-refractivity contribution >= 4 is 23.8 Å². The van der Waals surface area contributed by atoms with Crippen LogP contribution in [0.3, 0.4) is 0 Å². The number of nitrogens with one attached hydrogen (secondary N) is 1. The van der Waals surface area contributed by atoms with E-state index in [0.29, 0.717) is 13.0 Å². The maximum Gasteiger partial charge on any atom is 0.326 e. The molecule has 0 aromatic carbocycles. The molecule has 2 atom stereocenters. The second-order valence-electron chi connectivity index (χ2n) is 4.95. The third-order valence-corrected chi connectivity index (χ3v) is 3.37. The molecule has 118 valence electrons. The quantitative estimate of drug-likeness (QED) is 0.482. The summed E-state index contributed by atoms with van der Waals surface area (Å²) in [4.78, 5) is 46.4. The summed E-state index contributed by atoms with van der Waals surface area (Å²) >= 11 is 0. The van der Waals surface area contributed by atoms with Gasteiger partial charge in [0.25, 0.3) is 0 Å². The monoisotopic (exact) mass is 300 g/mol. The van der Waals surface area contributed by atoms with E-state index in [1.54, 1.807) is 0 Å². The van der Waals surface area contributed by atoms with Crippen LogP contribution < -0.4 is 16.8 Å². The normalized spacial score (nSPS) is 19.6. The smallest absolute Gasteiger partial charge is 0.326 e. The summed E-state index contributed by atoms with van der Waals surface area (Å²) in [5.74, 6) is -2.53. The van der Waals surface area contributed by atoms with E-state index >= 15 is 0 Å². The van der Waals surface area contributed by atoms with Crippen LogP contribution in [-0.2, 0) is 14.4 Å². The molecular weight excluding hydrogens is 280 g/mol. The summed E-state index contributed by atoms with van der Waals surface area (Å²) in [6.45, 7) is 0.335. The zero-order chi connectivity index (χ0) is 16.0. The fraction of sp³-hybridized carbons (Fsp3) is 0.667. The number of nitrogens with two attached hydrogens (primary N) is 2. The second-order valence-corrected chi connectivity index (χ2v) is 4.95. The fourth-order valence-electron chi connectivity index (χ4n) is 2.25. The molecule has 0 aromatic heterocycles. The molecule has 6 N–H and O–H groups in total. The highest BCUT2D eigenvalue weighted by Crippen LogP contribution is 2.17. The molecule has 1 unspecified atom stereocenters. The molecule has 9 nitrogen and oxygen atoms in total. The zero-order valence-corrected chi connectivity index (χ0v) is 11.6. The van der Waals surface area contributed by atoms with Gasteiger partial charge in [-0.1, -0.05) is 0 Å². The molecule has 0 spiro atoms. The molecule has 1 aliphatic heterocycles. The van der Waals surface area contributed by atoms with Crippen LogP contribution in [0.5, 0.6) is 0 Å². The van der Waals surface area contributed by atoms with Gasteiger partial charge in [0.05, 0.1) is 0 Å². The first-order valence-electron chi connectivity index (χ1n) is 6.70. The molecule has 0 bridgehead atoms. The van der Waals surface area contributed by atoms with E-state index in [1.165, 1.54) is 4.90 Å². The van der Waals surface area contributed by atoms with Gasteiger partial charge in [-0.3, -0.25) is 9.59 Å². The van der Waals surface area contributed by atoms with Gasteiger partial charge in [0, 0.05) is 13.0 Å². The van der Waals surface area contributed by atoms with Gasteiger partial charge in [0.2, 0.25) is 11.8 Å². The lowest BCUT2D eigenvalue weighted by Crippen LogP contribution is -2.56. The number of aliphatic carboxylic acids is 1. The van der Waals surface area contributed by atoms with Crippen LogP contribution in [0.15, 0.2) is 0 Å². The van der Waals surface area contributed by atoms with Crippen LogP contribution in [0.1, 0.15) is 32.1 Å². The lowest BCUT2D eigenvalue weighted by atomic mass is 10.0. The lowest BCUT2D eigenvalue weighted by Gasteiger charge is -2.34. The van der Waals surface area contributed by atoms with Crippen molar-refractivity contribution in [2.24, 2.45) is 11.5 Å². The highest BCUT2D eigenvalue weighted by molar-refractivity contribution is 5.88. The first kappa shape index (κ1) is 16.7. The van der Waals surface area contributed by atoms with Crippen molar-refractivity contribution in [2.45, 2.75) is 44.2 Å². The molecule has 0 radical (unpaired) electrons. The average Bonchev–Trinajstić information content (AvgIpc) is 2.42. The number of likely N-dealkylation sites (tertiary alicyclic amines) is 1. The molecular formula is C12H20N4O5. The van der Waals surface area contributed by atoms with Gasteiger partial charge in [-0.05, 0) is 25.7 Å². The van der Waals surface area contributed by atoms with Gasteiger partial charge in [-0.2, -0.15) is 0 Å². The molecule has 9 heteroatoms. The summed E-state index contributed by atoms with van der Waals surface area (Å²) < 4.78 is 0. The lowest BCUT2D eigenvalue weighted by molar-refractivity contribution is -0.139. The van der Waals surface area contributed by atoms with Crippen molar-refractivity contribution in [1.82, 2.24) is 10.2 Å². The molecule has 1 fully saturated rings. The SMILES string of the molecule is NC(=O)CC[C@H](NC(=O)N1CCCCC1C(N)=O)C(=O)O. The van der Waals surface area contributed by atoms with Crippen LogP contribution >= 0.6 is 0 Å². The number of carbonyl (C=O) groups is 4. The minimum atomic E-state index is -1.27. The Morgan fingerprint density at radius 2 is 1.90 bits per heavy atom. The Hall–Kier alpha value is -2.32. The Kier molecular flexibility index (Phi) is 5.94. The Morgan fingerprint density at radius 1 is 1.24 bits per heavy atom. The number of rotatable bonds is 6. The molecule has 0 aromatic rings. The van der Waals surface area contributed by atoms with Crippen LogP contribution in [0.4, 0.5) is 4.79 Å². The average molecular weight is 300 g/mol. The minimum absolute atomic E-state index is 0.106. The Labute approximate surface area is 121 Å². The van der Waals surface area contributed by atoms with E-state index in [9.17, 15) is 19.2 Å². The highest BCUT2D eigenvalue weighted by atomic mass is 16.4. The summed E-state index contributed by atoms with van der Waals surface area (Å²) in [6, 6.07) is -2.64. The number of carboxylic acids is 1. The summed E-state index contributed by atoms with van der Waals surface area (Å²) in [7, 11) is 0. The summed E-state index contributed by atoms with van der Waals surface area (Å²) in [5, 5.41) is 11.3. The van der Waals surface area contributed by atoms with Gasteiger partial charge in [0.15, 0.2) is 0 Å². The van der Waals surface area contributed by atoms with E-state index in [-0.39, 0.29) is 12.8 Å². The van der Waals surface area contributed by atoms with Gasteiger partial charge >= 0.3 is 12.0 Å². The molecule has 21 heavy (non-hydrogen) atoms. The summed E-state index contributed by atoms with van der Waals surface area (Å²) in [5.41, 5.74) is 10.2. The molecule has 1 saturated heterocycles. The molecule has 1 rings (SSSR count). The van der Waals surface area contributed by atoms with Crippen molar-refractivity contribution in [3.63, 3.8) is 0 Å². The number of hydrogen-bond acceptors (Lipinski definition) is 4. The maximum absolute atomic E-state index is 12.1. The molecule has 1 heterocycles. The minimum Gasteiger partial charge on any atom is -0.480 e. The first-order valence-corrected chi connectivity index (χ1v) is 6.70. The second kappa shape index (κ2) is 7.46. The van der Waals surface area contributed by atoms with Gasteiger partial charge in [-0.25, -0.2) is 9.59 Å². The number of amides is 4. The van der Waals surface area contributed by atoms with Gasteiger partial charge < -0.3 is 26.8 Å². The van der Waals surface area contributed by atoms with E-state index in [4.69, 9.17) is 16.6 Å². The predicted octanol–water partition coefficient (Wildman–Crippen LogP) is -1.25. The number of nitrogens with zero attached hydrogens (tertiary/aromatic N) is 1. The van der Waals surface area contributed by atoms with Crippen LogP contribution in [-0.4, -0.2) is 52.4 Å². The number of carboxylic acid groups (broad SMARTS) is 1. The molecule has 1 aliphatic rings. The largest absolute Gasteiger partial charge is 0.480 e.